The van der Waals surface area contributed by atoms with Gasteiger partial charge in [-0.1, -0.05) is 17.7 Å². The topological polar surface area (TPSA) is 43.8 Å². The first kappa shape index (κ1) is 12.1. The molecule has 0 aliphatic carbocycles. The zero-order valence-electron chi connectivity index (χ0n) is 9.40. The van der Waals surface area contributed by atoms with E-state index < -0.39 is 6.04 Å². The Morgan fingerprint density at radius 1 is 1.53 bits per heavy atom. The predicted molar refractivity (Wildman–Crippen MR) is 65.3 cm³/mol. The molecule has 1 unspecified atom stereocenters. The lowest BCUT2D eigenvalue weighted by molar-refractivity contribution is 0.570. The minimum absolute atomic E-state index is 0.345. The molecule has 1 heterocycles. The molecule has 17 heavy (non-hydrogen) atoms. The Bertz CT molecular complexity index is 504. The van der Waals surface area contributed by atoms with E-state index in [4.69, 9.17) is 17.3 Å². The third kappa shape index (κ3) is 2.48. The van der Waals surface area contributed by atoms with Gasteiger partial charge in [0.1, 0.15) is 11.6 Å². The van der Waals surface area contributed by atoms with Gasteiger partial charge in [0.05, 0.1) is 0 Å². The maximum Gasteiger partial charge on any atom is 0.129 e. The van der Waals surface area contributed by atoms with Crippen molar-refractivity contribution in [1.82, 2.24) is 9.55 Å². The van der Waals surface area contributed by atoms with Crippen LogP contribution in [0.1, 0.15) is 17.4 Å². The lowest BCUT2D eigenvalue weighted by atomic mass is 10.0. The molecule has 2 rings (SSSR count). The monoisotopic (exact) mass is 253 g/mol. The van der Waals surface area contributed by atoms with E-state index >= 15 is 0 Å². The highest BCUT2D eigenvalue weighted by atomic mass is 35.5. The van der Waals surface area contributed by atoms with Crippen LogP contribution in [0.5, 0.6) is 0 Å². The van der Waals surface area contributed by atoms with E-state index in [1.54, 1.807) is 18.3 Å². The summed E-state index contributed by atoms with van der Waals surface area (Å²) in [6.07, 6.45) is 3.96. The van der Waals surface area contributed by atoms with Crippen LogP contribution in [0.3, 0.4) is 0 Å². The normalized spacial score (nSPS) is 12.7. The molecule has 3 nitrogen and oxygen atoms in total. The lowest BCUT2D eigenvalue weighted by Gasteiger charge is -2.14. The van der Waals surface area contributed by atoms with Crippen LogP contribution in [0.15, 0.2) is 30.6 Å². The second kappa shape index (κ2) is 4.85. The Balaban J connectivity index is 2.26. The van der Waals surface area contributed by atoms with E-state index in [1.165, 1.54) is 6.07 Å². The first-order valence-corrected chi connectivity index (χ1v) is 5.63. The maximum atomic E-state index is 13.6. The van der Waals surface area contributed by atoms with Crippen molar-refractivity contribution in [2.24, 2.45) is 12.8 Å². The van der Waals surface area contributed by atoms with Crippen LogP contribution in [-0.4, -0.2) is 9.55 Å². The molecule has 0 bridgehead atoms. The van der Waals surface area contributed by atoms with E-state index in [1.807, 2.05) is 17.8 Å². The lowest BCUT2D eigenvalue weighted by Crippen LogP contribution is -2.17. The molecule has 2 aromatic rings. The highest BCUT2D eigenvalue weighted by molar-refractivity contribution is 6.31. The molecule has 2 N–H and O–H groups in total. The Morgan fingerprint density at radius 3 is 2.88 bits per heavy atom. The zero-order chi connectivity index (χ0) is 12.4. The third-order valence-corrected chi connectivity index (χ3v) is 3.02. The van der Waals surface area contributed by atoms with Crippen LogP contribution in [0.25, 0.3) is 0 Å². The Kier molecular flexibility index (Phi) is 3.45. The number of hydrogen-bond donors (Lipinski definition) is 1. The molecule has 0 spiro atoms. The summed E-state index contributed by atoms with van der Waals surface area (Å²) in [5.41, 5.74) is 6.32. The van der Waals surface area contributed by atoms with Crippen LogP contribution < -0.4 is 5.73 Å². The average molecular weight is 254 g/mol. The smallest absolute Gasteiger partial charge is 0.129 e. The molecular formula is C12H13ClFN3. The summed E-state index contributed by atoms with van der Waals surface area (Å²) in [5.74, 6) is 0.427. The van der Waals surface area contributed by atoms with Crippen LogP contribution >= 0.6 is 11.6 Å². The molecule has 0 aliphatic rings. The summed E-state index contributed by atoms with van der Waals surface area (Å²) in [6.45, 7) is 0. The van der Waals surface area contributed by atoms with Gasteiger partial charge in [-0.05, 0) is 12.1 Å². The number of hydrogen-bond acceptors (Lipinski definition) is 2. The molecule has 0 saturated heterocycles. The molecular weight excluding hydrogens is 241 g/mol. The third-order valence-electron chi connectivity index (χ3n) is 2.69. The van der Waals surface area contributed by atoms with E-state index in [9.17, 15) is 4.39 Å². The SMILES string of the molecule is Cn1ccnc1CC(N)c1c(F)cccc1Cl. The van der Waals surface area contributed by atoms with Crippen molar-refractivity contribution < 1.29 is 4.39 Å². The van der Waals surface area contributed by atoms with Crippen LogP contribution in [0, 0.1) is 5.82 Å². The van der Waals surface area contributed by atoms with Crippen molar-refractivity contribution in [3.63, 3.8) is 0 Å². The van der Waals surface area contributed by atoms with E-state index in [0.29, 0.717) is 17.0 Å². The van der Waals surface area contributed by atoms with Crippen molar-refractivity contribution in [3.8, 4) is 0 Å². The fourth-order valence-electron chi connectivity index (χ4n) is 1.76. The summed E-state index contributed by atoms with van der Waals surface area (Å²) in [4.78, 5) is 4.16. The summed E-state index contributed by atoms with van der Waals surface area (Å²) >= 11 is 5.96. The van der Waals surface area contributed by atoms with Gasteiger partial charge >= 0.3 is 0 Å². The zero-order valence-corrected chi connectivity index (χ0v) is 10.2. The van der Waals surface area contributed by atoms with Crippen LogP contribution in [0.2, 0.25) is 5.02 Å². The quantitative estimate of drug-likeness (QED) is 0.913. The van der Waals surface area contributed by atoms with Crippen molar-refractivity contribution in [2.75, 3.05) is 0 Å². The van der Waals surface area contributed by atoms with Crippen LogP contribution in [0.4, 0.5) is 4.39 Å². The number of aromatic nitrogens is 2. The number of rotatable bonds is 3. The second-order valence-corrected chi connectivity index (χ2v) is 4.31. The maximum absolute atomic E-state index is 13.6. The summed E-state index contributed by atoms with van der Waals surface area (Å²) in [6, 6.07) is 4.07. The molecule has 1 atom stereocenters. The molecule has 0 aliphatic heterocycles. The minimum Gasteiger partial charge on any atom is -0.338 e. The fraction of sp³-hybridized carbons (Fsp3) is 0.250. The van der Waals surface area contributed by atoms with Gasteiger partial charge in [0, 0.05) is 42.5 Å². The average Bonchev–Trinajstić information content (AvgIpc) is 2.64. The summed E-state index contributed by atoms with van der Waals surface area (Å²) in [7, 11) is 1.87. The molecule has 5 heteroatoms. The fourth-order valence-corrected chi connectivity index (χ4v) is 2.06. The number of nitrogens with zero attached hydrogens (tertiary/aromatic N) is 2. The first-order valence-electron chi connectivity index (χ1n) is 5.25. The number of aryl methyl sites for hydroxylation is 1. The van der Waals surface area contributed by atoms with Gasteiger partial charge in [0.2, 0.25) is 0 Å². The molecule has 1 aromatic carbocycles. The second-order valence-electron chi connectivity index (χ2n) is 3.90. The van der Waals surface area contributed by atoms with E-state index in [-0.39, 0.29) is 5.82 Å². The molecule has 0 saturated carbocycles. The van der Waals surface area contributed by atoms with E-state index in [2.05, 4.69) is 4.98 Å². The summed E-state index contributed by atoms with van der Waals surface area (Å²) < 4.78 is 15.5. The van der Waals surface area contributed by atoms with E-state index in [0.717, 1.165) is 5.82 Å². The molecule has 0 fully saturated rings. The van der Waals surface area contributed by atoms with Gasteiger partial charge in [-0.3, -0.25) is 0 Å². The van der Waals surface area contributed by atoms with Crippen molar-refractivity contribution in [2.45, 2.75) is 12.5 Å². The van der Waals surface area contributed by atoms with Crippen LogP contribution in [-0.2, 0) is 13.5 Å². The predicted octanol–water partition coefficient (Wildman–Crippen LogP) is 2.46. The molecule has 0 amide bonds. The highest BCUT2D eigenvalue weighted by Gasteiger charge is 2.17. The number of benzene rings is 1. The Morgan fingerprint density at radius 2 is 2.29 bits per heavy atom. The molecule has 0 radical (unpaired) electrons. The Hall–Kier alpha value is -1.39. The van der Waals surface area contributed by atoms with Gasteiger partial charge in [-0.15, -0.1) is 0 Å². The minimum atomic E-state index is -0.496. The van der Waals surface area contributed by atoms with Gasteiger partial charge in [-0.25, -0.2) is 9.37 Å². The molecule has 1 aromatic heterocycles. The summed E-state index contributed by atoms with van der Waals surface area (Å²) in [5, 5.41) is 0.353. The van der Waals surface area contributed by atoms with Crippen molar-refractivity contribution in [1.29, 1.82) is 0 Å². The van der Waals surface area contributed by atoms with Crippen molar-refractivity contribution >= 4 is 11.6 Å². The number of imidazole rings is 1. The number of halogens is 2. The van der Waals surface area contributed by atoms with Gasteiger partial charge in [0.25, 0.3) is 0 Å². The highest BCUT2D eigenvalue weighted by Crippen LogP contribution is 2.26. The van der Waals surface area contributed by atoms with Crippen molar-refractivity contribution in [3.05, 3.63) is 52.8 Å². The number of nitrogens with two attached hydrogens (primary N) is 1. The molecule has 90 valence electrons. The van der Waals surface area contributed by atoms with Gasteiger partial charge < -0.3 is 10.3 Å². The van der Waals surface area contributed by atoms with Gasteiger partial charge in [-0.2, -0.15) is 0 Å². The largest absolute Gasteiger partial charge is 0.338 e. The standard InChI is InChI=1S/C12H13ClFN3/c1-17-6-5-16-11(17)7-10(15)12-8(13)3-2-4-9(12)14/h2-6,10H,7,15H2,1H3. The first-order chi connectivity index (χ1) is 8.09. The Labute approximate surface area is 104 Å². The van der Waals surface area contributed by atoms with Gasteiger partial charge in [0.15, 0.2) is 0 Å².